The Morgan fingerprint density at radius 2 is 2.05 bits per heavy atom. The van der Waals surface area contributed by atoms with Gasteiger partial charge in [0.1, 0.15) is 0 Å². The van der Waals surface area contributed by atoms with Crippen LogP contribution in [0.3, 0.4) is 0 Å². The number of hydrogen-bond donors (Lipinski definition) is 1. The van der Waals surface area contributed by atoms with Crippen molar-refractivity contribution >= 4 is 5.95 Å². The molecular formula is C15H26N4. The molecule has 4 nitrogen and oxygen atoms in total. The summed E-state index contributed by atoms with van der Waals surface area (Å²) in [6.45, 7) is 10.1. The summed E-state index contributed by atoms with van der Waals surface area (Å²) in [4.78, 5) is 11.0. The van der Waals surface area contributed by atoms with Gasteiger partial charge in [-0.2, -0.15) is 0 Å². The lowest BCUT2D eigenvalue weighted by Crippen LogP contribution is -2.46. The fraction of sp³-hybridized carbons (Fsp3) is 0.733. The van der Waals surface area contributed by atoms with E-state index in [4.69, 9.17) is 0 Å². The normalized spacial score (nSPS) is 20.6. The molecule has 0 aliphatic carbocycles. The highest BCUT2D eigenvalue weighted by Crippen LogP contribution is 2.19. The first-order chi connectivity index (χ1) is 9.04. The van der Waals surface area contributed by atoms with Gasteiger partial charge < -0.3 is 10.2 Å². The Morgan fingerprint density at radius 3 is 2.74 bits per heavy atom. The molecule has 1 aliphatic heterocycles. The first-order valence-electron chi connectivity index (χ1n) is 7.30. The Labute approximate surface area is 116 Å². The van der Waals surface area contributed by atoms with Crippen LogP contribution < -0.4 is 10.2 Å². The van der Waals surface area contributed by atoms with E-state index >= 15 is 0 Å². The molecule has 2 heterocycles. The van der Waals surface area contributed by atoms with Crippen LogP contribution >= 0.6 is 0 Å². The van der Waals surface area contributed by atoms with Crippen molar-refractivity contribution < 1.29 is 0 Å². The van der Waals surface area contributed by atoms with Gasteiger partial charge in [-0.15, -0.1) is 0 Å². The number of nitrogens with one attached hydrogen (secondary N) is 1. The van der Waals surface area contributed by atoms with E-state index in [1.165, 1.54) is 19.3 Å². The van der Waals surface area contributed by atoms with Crippen molar-refractivity contribution in [3.8, 4) is 0 Å². The Bertz CT molecular complexity index is 371. The van der Waals surface area contributed by atoms with Crippen molar-refractivity contribution in [2.24, 2.45) is 5.41 Å². The molecule has 1 aromatic heterocycles. The molecule has 1 N–H and O–H groups in total. The summed E-state index contributed by atoms with van der Waals surface area (Å²) in [6.07, 6.45) is 7.32. The molecule has 0 saturated carbocycles. The second kappa shape index (κ2) is 6.33. The Hall–Kier alpha value is -1.16. The monoisotopic (exact) mass is 262 g/mol. The molecule has 2 rings (SSSR count). The highest BCUT2D eigenvalue weighted by Gasteiger charge is 2.21. The van der Waals surface area contributed by atoms with Crippen LogP contribution in [0.2, 0.25) is 0 Å². The fourth-order valence-corrected chi connectivity index (χ4v) is 2.43. The maximum atomic E-state index is 4.34. The van der Waals surface area contributed by atoms with Crippen LogP contribution in [-0.2, 0) is 0 Å². The van der Waals surface area contributed by atoms with Crippen LogP contribution in [-0.4, -0.2) is 35.6 Å². The minimum atomic E-state index is 0.407. The number of piperidine rings is 1. The van der Waals surface area contributed by atoms with Gasteiger partial charge in [-0.1, -0.05) is 20.8 Å². The van der Waals surface area contributed by atoms with Crippen LogP contribution in [0.1, 0.15) is 40.0 Å². The van der Waals surface area contributed by atoms with Gasteiger partial charge >= 0.3 is 0 Å². The molecular weight excluding hydrogens is 236 g/mol. The molecule has 4 heteroatoms. The highest BCUT2D eigenvalue weighted by atomic mass is 15.3. The third-order valence-electron chi connectivity index (χ3n) is 3.56. The van der Waals surface area contributed by atoms with Crippen molar-refractivity contribution in [2.45, 2.75) is 46.1 Å². The van der Waals surface area contributed by atoms with Gasteiger partial charge in [-0.25, -0.2) is 9.97 Å². The standard InChI is InChI=1S/C15H26N4/c1-15(2,3)7-10-16-13-6-4-11-19(12-13)14-17-8-5-9-18-14/h5,8-9,13,16H,4,6-7,10-12H2,1-3H3. The molecule has 1 aliphatic rings. The van der Waals surface area contributed by atoms with Crippen molar-refractivity contribution in [1.82, 2.24) is 15.3 Å². The molecule has 1 atom stereocenters. The number of rotatable bonds is 4. The van der Waals surface area contributed by atoms with E-state index in [0.717, 1.165) is 25.6 Å². The van der Waals surface area contributed by atoms with Gasteiger partial charge in [0.25, 0.3) is 0 Å². The van der Waals surface area contributed by atoms with Gasteiger partial charge in [0.15, 0.2) is 0 Å². The lowest BCUT2D eigenvalue weighted by molar-refractivity contribution is 0.339. The van der Waals surface area contributed by atoms with Gasteiger partial charge in [0.05, 0.1) is 0 Å². The average Bonchev–Trinajstić information content (AvgIpc) is 2.39. The van der Waals surface area contributed by atoms with Crippen LogP contribution in [0.5, 0.6) is 0 Å². The van der Waals surface area contributed by atoms with Gasteiger partial charge in [0, 0.05) is 31.5 Å². The lowest BCUT2D eigenvalue weighted by atomic mass is 9.92. The summed E-state index contributed by atoms with van der Waals surface area (Å²) < 4.78 is 0. The molecule has 0 radical (unpaired) electrons. The first-order valence-corrected chi connectivity index (χ1v) is 7.30. The third-order valence-corrected chi connectivity index (χ3v) is 3.56. The zero-order valence-electron chi connectivity index (χ0n) is 12.4. The Morgan fingerprint density at radius 1 is 1.32 bits per heavy atom. The van der Waals surface area contributed by atoms with Crippen molar-refractivity contribution in [2.75, 3.05) is 24.5 Å². The molecule has 1 aromatic rings. The summed E-state index contributed by atoms with van der Waals surface area (Å²) >= 11 is 0. The summed E-state index contributed by atoms with van der Waals surface area (Å²) in [6, 6.07) is 2.44. The molecule has 0 amide bonds. The SMILES string of the molecule is CC(C)(C)CCNC1CCCN(c2ncccn2)C1. The smallest absolute Gasteiger partial charge is 0.225 e. The van der Waals surface area contributed by atoms with E-state index in [1.54, 1.807) is 0 Å². The quantitative estimate of drug-likeness (QED) is 0.905. The van der Waals surface area contributed by atoms with E-state index in [1.807, 2.05) is 18.5 Å². The predicted molar refractivity (Wildman–Crippen MR) is 79.3 cm³/mol. The van der Waals surface area contributed by atoms with E-state index in [0.29, 0.717) is 11.5 Å². The number of nitrogens with zero attached hydrogens (tertiary/aromatic N) is 3. The second-order valence-corrected chi connectivity index (χ2v) is 6.60. The number of hydrogen-bond acceptors (Lipinski definition) is 4. The lowest BCUT2D eigenvalue weighted by Gasteiger charge is -2.33. The highest BCUT2D eigenvalue weighted by molar-refractivity contribution is 5.29. The van der Waals surface area contributed by atoms with Crippen LogP contribution in [0, 0.1) is 5.41 Å². The molecule has 1 fully saturated rings. The first kappa shape index (κ1) is 14.3. The molecule has 1 unspecified atom stereocenters. The predicted octanol–water partition coefficient (Wildman–Crippen LogP) is 2.47. The maximum absolute atomic E-state index is 4.34. The Kier molecular flexibility index (Phi) is 4.75. The molecule has 0 spiro atoms. The molecule has 19 heavy (non-hydrogen) atoms. The molecule has 1 saturated heterocycles. The number of aromatic nitrogens is 2. The van der Waals surface area contributed by atoms with Gasteiger partial charge in [-0.05, 0) is 37.3 Å². The Balaban J connectivity index is 1.81. The van der Waals surface area contributed by atoms with E-state index in [9.17, 15) is 0 Å². The van der Waals surface area contributed by atoms with E-state index in [2.05, 4.69) is 41.0 Å². The summed E-state index contributed by atoms with van der Waals surface area (Å²) in [5.74, 6) is 0.866. The van der Waals surface area contributed by atoms with Crippen LogP contribution in [0.25, 0.3) is 0 Å². The molecule has 0 bridgehead atoms. The average molecular weight is 262 g/mol. The zero-order chi connectivity index (χ0) is 13.7. The van der Waals surface area contributed by atoms with E-state index < -0.39 is 0 Å². The summed E-state index contributed by atoms with van der Waals surface area (Å²) in [5.41, 5.74) is 0.407. The van der Waals surface area contributed by atoms with Crippen LogP contribution in [0.4, 0.5) is 5.95 Å². The second-order valence-electron chi connectivity index (χ2n) is 6.60. The van der Waals surface area contributed by atoms with Crippen molar-refractivity contribution in [3.63, 3.8) is 0 Å². The van der Waals surface area contributed by atoms with E-state index in [-0.39, 0.29) is 0 Å². The fourth-order valence-electron chi connectivity index (χ4n) is 2.43. The minimum absolute atomic E-state index is 0.407. The molecule has 106 valence electrons. The van der Waals surface area contributed by atoms with Crippen LogP contribution in [0.15, 0.2) is 18.5 Å². The topological polar surface area (TPSA) is 41.0 Å². The third kappa shape index (κ3) is 4.78. The van der Waals surface area contributed by atoms with Gasteiger partial charge in [-0.3, -0.25) is 0 Å². The minimum Gasteiger partial charge on any atom is -0.339 e. The summed E-state index contributed by atoms with van der Waals surface area (Å²) in [5, 5.41) is 3.68. The van der Waals surface area contributed by atoms with Crippen molar-refractivity contribution in [3.05, 3.63) is 18.5 Å². The van der Waals surface area contributed by atoms with Gasteiger partial charge in [0.2, 0.25) is 5.95 Å². The zero-order valence-corrected chi connectivity index (χ0v) is 12.4. The maximum Gasteiger partial charge on any atom is 0.225 e. The largest absolute Gasteiger partial charge is 0.339 e. The summed E-state index contributed by atoms with van der Waals surface area (Å²) in [7, 11) is 0. The number of anilines is 1. The molecule has 0 aromatic carbocycles. The van der Waals surface area contributed by atoms with Crippen molar-refractivity contribution in [1.29, 1.82) is 0 Å².